The predicted octanol–water partition coefficient (Wildman–Crippen LogP) is 0.627. The molecule has 6 nitrogen and oxygen atoms in total. The maximum Gasteiger partial charge on any atom is 0.271 e. The lowest BCUT2D eigenvalue weighted by molar-refractivity contribution is 0.0957. The van der Waals surface area contributed by atoms with E-state index in [0.717, 1.165) is 3.57 Å². The largest absolute Gasteiger partial charge is 0.354 e. The number of rotatable bonds is 2. The molecule has 0 aliphatic rings. The molecule has 0 atom stereocenters. The third-order valence-corrected chi connectivity index (χ3v) is 2.67. The minimum absolute atomic E-state index is 0.220. The van der Waals surface area contributed by atoms with Crippen LogP contribution in [0.4, 0.5) is 0 Å². The lowest BCUT2D eigenvalue weighted by atomic mass is 10.4. The van der Waals surface area contributed by atoms with Gasteiger partial charge >= 0.3 is 0 Å². The van der Waals surface area contributed by atoms with Gasteiger partial charge in [-0.2, -0.15) is 5.10 Å². The number of aromatic nitrogens is 4. The van der Waals surface area contributed by atoms with Crippen LogP contribution in [0.1, 0.15) is 10.5 Å². The maximum absolute atomic E-state index is 11.3. The zero-order valence-corrected chi connectivity index (χ0v) is 10.5. The SMILES string of the molecule is CNC(=O)c1ccn(-c2ncncc2I)n1. The summed E-state index contributed by atoms with van der Waals surface area (Å²) >= 11 is 2.11. The van der Waals surface area contributed by atoms with Crippen LogP contribution in [0.2, 0.25) is 0 Å². The number of carbonyl (C=O) groups is 1. The van der Waals surface area contributed by atoms with Crippen molar-refractivity contribution in [3.05, 3.63) is 34.1 Å². The molecule has 2 aromatic rings. The Morgan fingerprint density at radius 3 is 3.06 bits per heavy atom. The molecule has 0 saturated heterocycles. The van der Waals surface area contributed by atoms with Crippen LogP contribution in [0.15, 0.2) is 24.8 Å². The molecular weight excluding hydrogens is 321 g/mol. The van der Waals surface area contributed by atoms with Crippen molar-refractivity contribution in [1.82, 2.24) is 25.1 Å². The summed E-state index contributed by atoms with van der Waals surface area (Å²) in [5.74, 6) is 0.438. The molecule has 0 saturated carbocycles. The van der Waals surface area contributed by atoms with Gasteiger partial charge < -0.3 is 5.32 Å². The highest BCUT2D eigenvalue weighted by Crippen LogP contribution is 2.11. The Bertz CT molecular complexity index is 524. The molecule has 82 valence electrons. The van der Waals surface area contributed by atoms with E-state index in [1.165, 1.54) is 6.33 Å². The van der Waals surface area contributed by atoms with E-state index in [9.17, 15) is 4.79 Å². The molecule has 0 radical (unpaired) electrons. The third-order valence-electron chi connectivity index (χ3n) is 1.91. The maximum atomic E-state index is 11.3. The van der Waals surface area contributed by atoms with Crippen molar-refractivity contribution in [2.75, 3.05) is 7.05 Å². The normalized spacial score (nSPS) is 10.1. The Morgan fingerprint density at radius 1 is 1.56 bits per heavy atom. The van der Waals surface area contributed by atoms with Crippen LogP contribution in [0.3, 0.4) is 0 Å². The zero-order chi connectivity index (χ0) is 11.5. The summed E-state index contributed by atoms with van der Waals surface area (Å²) in [6.07, 6.45) is 4.82. The number of hydrogen-bond acceptors (Lipinski definition) is 4. The van der Waals surface area contributed by atoms with Gasteiger partial charge in [-0.3, -0.25) is 4.79 Å². The van der Waals surface area contributed by atoms with Gasteiger partial charge in [-0.15, -0.1) is 0 Å². The smallest absolute Gasteiger partial charge is 0.271 e. The van der Waals surface area contributed by atoms with Gasteiger partial charge in [0.2, 0.25) is 0 Å². The van der Waals surface area contributed by atoms with Gasteiger partial charge in [0.25, 0.3) is 5.91 Å². The molecule has 2 heterocycles. The third kappa shape index (κ3) is 2.03. The number of nitrogens with zero attached hydrogens (tertiary/aromatic N) is 4. The first-order valence-corrected chi connectivity index (χ1v) is 5.54. The molecule has 2 rings (SSSR count). The second kappa shape index (κ2) is 4.56. The summed E-state index contributed by atoms with van der Waals surface area (Å²) in [6, 6.07) is 1.64. The molecule has 16 heavy (non-hydrogen) atoms. The molecule has 7 heteroatoms. The Kier molecular flexibility index (Phi) is 3.13. The summed E-state index contributed by atoms with van der Waals surface area (Å²) in [4.78, 5) is 19.3. The molecule has 2 aromatic heterocycles. The summed E-state index contributed by atoms with van der Waals surface area (Å²) in [5, 5.41) is 6.63. The molecule has 1 N–H and O–H groups in total. The summed E-state index contributed by atoms with van der Waals surface area (Å²) in [6.45, 7) is 0. The van der Waals surface area contributed by atoms with Crippen molar-refractivity contribution in [2.45, 2.75) is 0 Å². The van der Waals surface area contributed by atoms with Crippen LogP contribution in [-0.4, -0.2) is 32.7 Å². The van der Waals surface area contributed by atoms with Crippen LogP contribution in [0.25, 0.3) is 5.82 Å². The molecule has 0 aliphatic heterocycles. The minimum Gasteiger partial charge on any atom is -0.354 e. The van der Waals surface area contributed by atoms with Crippen LogP contribution < -0.4 is 5.32 Å². The van der Waals surface area contributed by atoms with Crippen molar-refractivity contribution in [1.29, 1.82) is 0 Å². The fourth-order valence-electron chi connectivity index (χ4n) is 1.17. The molecule has 0 aromatic carbocycles. The highest BCUT2D eigenvalue weighted by Gasteiger charge is 2.10. The van der Waals surface area contributed by atoms with Gasteiger partial charge in [-0.05, 0) is 28.7 Å². The summed E-state index contributed by atoms with van der Waals surface area (Å²) in [5.41, 5.74) is 0.358. The van der Waals surface area contributed by atoms with Crippen LogP contribution in [-0.2, 0) is 0 Å². The van der Waals surface area contributed by atoms with Gasteiger partial charge in [0.15, 0.2) is 11.5 Å². The first kappa shape index (κ1) is 11.0. The predicted molar refractivity (Wildman–Crippen MR) is 65.3 cm³/mol. The fraction of sp³-hybridized carbons (Fsp3) is 0.111. The van der Waals surface area contributed by atoms with Crippen molar-refractivity contribution in [2.24, 2.45) is 0 Å². The topological polar surface area (TPSA) is 72.7 Å². The van der Waals surface area contributed by atoms with Crippen molar-refractivity contribution < 1.29 is 4.79 Å². The van der Waals surface area contributed by atoms with E-state index in [1.54, 1.807) is 30.2 Å². The first-order chi connectivity index (χ1) is 7.72. The monoisotopic (exact) mass is 329 g/mol. The highest BCUT2D eigenvalue weighted by molar-refractivity contribution is 14.1. The molecule has 0 unspecified atom stereocenters. The molecule has 1 amide bonds. The zero-order valence-electron chi connectivity index (χ0n) is 8.38. The van der Waals surface area contributed by atoms with Crippen LogP contribution in [0, 0.1) is 3.57 Å². The fourth-order valence-corrected chi connectivity index (χ4v) is 1.71. The molecule has 0 bridgehead atoms. The quantitative estimate of drug-likeness (QED) is 0.820. The summed E-state index contributed by atoms with van der Waals surface area (Å²) in [7, 11) is 1.57. The van der Waals surface area contributed by atoms with Crippen LogP contribution >= 0.6 is 22.6 Å². The van der Waals surface area contributed by atoms with Crippen molar-refractivity contribution in [3.63, 3.8) is 0 Å². The van der Waals surface area contributed by atoms with Gasteiger partial charge in [0, 0.05) is 19.4 Å². The minimum atomic E-state index is -0.220. The van der Waals surface area contributed by atoms with E-state index < -0.39 is 0 Å². The average molecular weight is 329 g/mol. The lowest BCUT2D eigenvalue weighted by Gasteiger charge is -2.01. The molecule has 0 fully saturated rings. The number of amides is 1. The Labute approximate surface area is 105 Å². The van der Waals surface area contributed by atoms with E-state index in [2.05, 4.69) is 43.0 Å². The van der Waals surface area contributed by atoms with Gasteiger partial charge in [0.05, 0.1) is 3.57 Å². The molecule has 0 spiro atoms. The van der Waals surface area contributed by atoms with E-state index in [0.29, 0.717) is 11.5 Å². The highest BCUT2D eigenvalue weighted by atomic mass is 127. The average Bonchev–Trinajstić information content (AvgIpc) is 2.78. The van der Waals surface area contributed by atoms with E-state index in [1.807, 2.05) is 0 Å². The first-order valence-electron chi connectivity index (χ1n) is 4.46. The van der Waals surface area contributed by atoms with Gasteiger partial charge in [0.1, 0.15) is 6.33 Å². The van der Waals surface area contributed by atoms with Crippen molar-refractivity contribution in [3.8, 4) is 5.82 Å². The Morgan fingerprint density at radius 2 is 2.38 bits per heavy atom. The number of hydrogen-bond donors (Lipinski definition) is 1. The number of halogens is 1. The lowest BCUT2D eigenvalue weighted by Crippen LogP contribution is -2.18. The Balaban J connectivity index is 2.39. The number of carbonyl (C=O) groups excluding carboxylic acids is 1. The van der Waals surface area contributed by atoms with Gasteiger partial charge in [-0.1, -0.05) is 0 Å². The molecular formula is C9H8IN5O. The Hall–Kier alpha value is -1.51. The van der Waals surface area contributed by atoms with Crippen molar-refractivity contribution >= 4 is 28.5 Å². The molecule has 0 aliphatic carbocycles. The standard InChI is InChI=1S/C9H8IN5O/c1-11-9(16)7-2-3-15(14-7)8-6(10)4-12-5-13-8/h2-5H,1H3,(H,11,16). The van der Waals surface area contributed by atoms with E-state index >= 15 is 0 Å². The number of nitrogens with one attached hydrogen (secondary N) is 1. The summed E-state index contributed by atoms with van der Waals surface area (Å²) < 4.78 is 2.42. The van der Waals surface area contributed by atoms with E-state index in [4.69, 9.17) is 0 Å². The van der Waals surface area contributed by atoms with E-state index in [-0.39, 0.29) is 5.91 Å². The second-order valence-electron chi connectivity index (χ2n) is 2.92. The van der Waals surface area contributed by atoms with Gasteiger partial charge in [-0.25, -0.2) is 14.6 Å². The second-order valence-corrected chi connectivity index (χ2v) is 4.08. The van der Waals surface area contributed by atoms with Crippen LogP contribution in [0.5, 0.6) is 0 Å².